The molecule has 0 N–H and O–H groups in total. The van der Waals surface area contributed by atoms with Gasteiger partial charge in [-0.2, -0.15) is 5.26 Å². The monoisotopic (exact) mass is 253 g/mol. The van der Waals surface area contributed by atoms with Gasteiger partial charge in [0.25, 0.3) is 0 Å². The fourth-order valence-electron chi connectivity index (χ4n) is 2.13. The molecule has 0 amide bonds. The van der Waals surface area contributed by atoms with Crippen LogP contribution in [0.5, 0.6) is 0 Å². The van der Waals surface area contributed by atoms with Gasteiger partial charge in [0.15, 0.2) is 9.84 Å². The summed E-state index contributed by atoms with van der Waals surface area (Å²) in [7, 11) is -2.89. The van der Waals surface area contributed by atoms with E-state index in [1.807, 2.05) is 6.07 Å². The lowest BCUT2D eigenvalue weighted by Crippen LogP contribution is -2.16. The van der Waals surface area contributed by atoms with Crippen LogP contribution in [0.1, 0.15) is 28.2 Å². The highest BCUT2D eigenvalue weighted by atomic mass is 32.2. The Labute approximate surface area is 98.6 Å². The van der Waals surface area contributed by atoms with Gasteiger partial charge in [0.2, 0.25) is 0 Å². The summed E-state index contributed by atoms with van der Waals surface area (Å²) in [6.45, 7) is 0. The van der Waals surface area contributed by atoms with Crippen LogP contribution >= 0.6 is 11.3 Å². The smallest absolute Gasteiger partial charge is 0.154 e. The second kappa shape index (κ2) is 3.08. The Balaban J connectivity index is 2.03. The maximum Gasteiger partial charge on any atom is 0.154 e. The maximum atomic E-state index is 11.5. The molecule has 0 unspecified atom stereocenters. The zero-order valence-electron chi connectivity index (χ0n) is 8.69. The second-order valence-corrected chi connectivity index (χ2v) is 7.92. The molecule has 0 radical (unpaired) electrons. The number of nitriles is 1. The van der Waals surface area contributed by atoms with Gasteiger partial charge in [-0.05, 0) is 30.9 Å². The van der Waals surface area contributed by atoms with Crippen LogP contribution < -0.4 is 0 Å². The van der Waals surface area contributed by atoms with Crippen molar-refractivity contribution in [3.05, 3.63) is 21.4 Å². The Morgan fingerprint density at radius 2 is 2.19 bits per heavy atom. The Kier molecular flexibility index (Phi) is 1.99. The van der Waals surface area contributed by atoms with E-state index in [1.54, 1.807) is 11.3 Å². The van der Waals surface area contributed by atoms with Crippen molar-refractivity contribution < 1.29 is 8.42 Å². The number of rotatable bonds is 1. The predicted octanol–water partition coefficient (Wildman–Crippen LogP) is 1.77. The molecule has 3 rings (SSSR count). The standard InChI is InChI=1S/C11H11NO2S2/c12-7-11(2-3-11)10-5-8-6-16(13,14)4-1-9(8)15-10/h5H,1-4,6H2. The molecule has 0 saturated heterocycles. The molecule has 2 heterocycles. The highest BCUT2D eigenvalue weighted by molar-refractivity contribution is 7.90. The molecule has 3 nitrogen and oxygen atoms in total. The minimum Gasteiger partial charge on any atom is -0.228 e. The van der Waals surface area contributed by atoms with Crippen molar-refractivity contribution in [3.63, 3.8) is 0 Å². The molecule has 16 heavy (non-hydrogen) atoms. The van der Waals surface area contributed by atoms with Crippen molar-refractivity contribution in [2.45, 2.75) is 30.4 Å². The van der Waals surface area contributed by atoms with Gasteiger partial charge in [-0.25, -0.2) is 8.42 Å². The van der Waals surface area contributed by atoms with Crippen molar-refractivity contribution >= 4 is 21.2 Å². The van der Waals surface area contributed by atoms with E-state index < -0.39 is 9.84 Å². The van der Waals surface area contributed by atoms with E-state index in [4.69, 9.17) is 5.26 Å². The third-order valence-electron chi connectivity index (χ3n) is 3.35. The lowest BCUT2D eigenvalue weighted by molar-refractivity contribution is 0.592. The predicted molar refractivity (Wildman–Crippen MR) is 62.0 cm³/mol. The molecule has 1 aromatic heterocycles. The second-order valence-electron chi connectivity index (χ2n) is 4.60. The molecule has 5 heteroatoms. The first-order valence-electron chi connectivity index (χ1n) is 5.28. The molecule has 1 aromatic rings. The Hall–Kier alpha value is -0.860. The number of sulfone groups is 1. The van der Waals surface area contributed by atoms with E-state index in [9.17, 15) is 8.42 Å². The normalized spacial score (nSPS) is 24.4. The number of nitrogens with zero attached hydrogens (tertiary/aromatic N) is 1. The SMILES string of the molecule is N#CC1(c2cc3c(s2)CCS(=O)(=O)C3)CC1. The van der Waals surface area contributed by atoms with Crippen molar-refractivity contribution in [1.82, 2.24) is 0 Å². The fourth-order valence-corrected chi connectivity index (χ4v) is 5.12. The van der Waals surface area contributed by atoms with E-state index in [-0.39, 0.29) is 16.9 Å². The van der Waals surface area contributed by atoms with Gasteiger partial charge in [-0.3, -0.25) is 0 Å². The van der Waals surface area contributed by atoms with Gasteiger partial charge in [-0.15, -0.1) is 11.3 Å². The van der Waals surface area contributed by atoms with Crippen LogP contribution in [-0.4, -0.2) is 14.2 Å². The lowest BCUT2D eigenvalue weighted by Gasteiger charge is -2.10. The summed E-state index contributed by atoms with van der Waals surface area (Å²) in [5, 5.41) is 9.11. The van der Waals surface area contributed by atoms with E-state index in [2.05, 4.69) is 6.07 Å². The minimum absolute atomic E-state index is 0.167. The van der Waals surface area contributed by atoms with Crippen LogP contribution in [0.2, 0.25) is 0 Å². The molecule has 0 spiro atoms. The maximum absolute atomic E-state index is 11.5. The number of thiophene rings is 1. The number of hydrogen-bond donors (Lipinski definition) is 0. The first-order chi connectivity index (χ1) is 7.55. The topological polar surface area (TPSA) is 57.9 Å². The third kappa shape index (κ3) is 1.48. The van der Waals surface area contributed by atoms with Gasteiger partial charge in [0.05, 0.1) is 23.0 Å². The lowest BCUT2D eigenvalue weighted by atomic mass is 10.1. The Morgan fingerprint density at radius 3 is 2.81 bits per heavy atom. The molecule has 1 fully saturated rings. The molecule has 0 atom stereocenters. The number of hydrogen-bond acceptors (Lipinski definition) is 4. The largest absolute Gasteiger partial charge is 0.228 e. The number of fused-ring (bicyclic) bond motifs is 1. The van der Waals surface area contributed by atoms with Crippen LogP contribution in [0.25, 0.3) is 0 Å². The van der Waals surface area contributed by atoms with Gasteiger partial charge < -0.3 is 0 Å². The fraction of sp³-hybridized carbons (Fsp3) is 0.545. The van der Waals surface area contributed by atoms with Crippen LogP contribution in [0, 0.1) is 11.3 Å². The zero-order chi connectivity index (χ0) is 11.4. The molecule has 0 bridgehead atoms. The summed E-state index contributed by atoms with van der Waals surface area (Å²) in [5.41, 5.74) is 0.666. The molecular weight excluding hydrogens is 242 g/mol. The summed E-state index contributed by atoms with van der Waals surface area (Å²) in [6.07, 6.45) is 2.48. The van der Waals surface area contributed by atoms with E-state index in [0.717, 1.165) is 23.3 Å². The zero-order valence-corrected chi connectivity index (χ0v) is 10.3. The van der Waals surface area contributed by atoms with Crippen LogP contribution in [0.4, 0.5) is 0 Å². The highest BCUT2D eigenvalue weighted by Gasteiger charge is 2.46. The van der Waals surface area contributed by atoms with Crippen molar-refractivity contribution in [1.29, 1.82) is 5.26 Å². The molecule has 1 aliphatic carbocycles. The Bertz CT molecular complexity index is 588. The average Bonchev–Trinajstić information content (AvgIpc) is 2.92. The van der Waals surface area contributed by atoms with E-state index in [0.29, 0.717) is 6.42 Å². The van der Waals surface area contributed by atoms with Crippen LogP contribution in [0.3, 0.4) is 0 Å². The van der Waals surface area contributed by atoms with Crippen molar-refractivity contribution in [2.75, 3.05) is 5.75 Å². The Morgan fingerprint density at radius 1 is 1.44 bits per heavy atom. The highest BCUT2D eigenvalue weighted by Crippen LogP contribution is 2.51. The summed E-state index contributed by atoms with van der Waals surface area (Å²) in [5.74, 6) is 0.430. The first kappa shape index (κ1) is 10.3. The number of aryl methyl sites for hydroxylation is 1. The van der Waals surface area contributed by atoms with Crippen LogP contribution in [0.15, 0.2) is 6.07 Å². The third-order valence-corrected chi connectivity index (χ3v) is 6.37. The summed E-state index contributed by atoms with van der Waals surface area (Å²) in [6, 6.07) is 4.31. The van der Waals surface area contributed by atoms with E-state index in [1.165, 1.54) is 4.88 Å². The van der Waals surface area contributed by atoms with Crippen LogP contribution in [-0.2, 0) is 27.4 Å². The van der Waals surface area contributed by atoms with E-state index >= 15 is 0 Å². The average molecular weight is 253 g/mol. The van der Waals surface area contributed by atoms with Crippen molar-refractivity contribution in [3.8, 4) is 6.07 Å². The van der Waals surface area contributed by atoms with Gasteiger partial charge in [0, 0.05) is 9.75 Å². The van der Waals surface area contributed by atoms with Gasteiger partial charge in [-0.1, -0.05) is 0 Å². The summed E-state index contributed by atoms with van der Waals surface area (Å²) in [4.78, 5) is 2.25. The first-order valence-corrected chi connectivity index (χ1v) is 7.92. The summed E-state index contributed by atoms with van der Waals surface area (Å²) < 4.78 is 23.0. The molecular formula is C11H11NO2S2. The minimum atomic E-state index is -2.89. The van der Waals surface area contributed by atoms with Gasteiger partial charge in [0.1, 0.15) is 0 Å². The molecule has 2 aliphatic rings. The van der Waals surface area contributed by atoms with Gasteiger partial charge >= 0.3 is 0 Å². The summed E-state index contributed by atoms with van der Waals surface area (Å²) >= 11 is 1.64. The molecule has 1 aliphatic heterocycles. The van der Waals surface area contributed by atoms with Crippen molar-refractivity contribution in [2.24, 2.45) is 0 Å². The molecule has 84 valence electrons. The quantitative estimate of drug-likeness (QED) is 0.766. The molecule has 0 aromatic carbocycles. The molecule has 1 saturated carbocycles.